The predicted molar refractivity (Wildman–Crippen MR) is 101 cm³/mol. The van der Waals surface area contributed by atoms with Crippen LogP contribution < -0.4 is 4.72 Å². The molecule has 2 aromatic rings. The Hall–Kier alpha value is -1.59. The monoisotopic (exact) mass is 360 g/mol. The van der Waals surface area contributed by atoms with Crippen molar-refractivity contribution in [1.82, 2.24) is 9.71 Å². The smallest absolute Gasteiger partial charge is 0.123 e. The molecule has 0 aliphatic heterocycles. The first-order chi connectivity index (χ1) is 11.9. The number of nitrogens with zero attached hydrogens (tertiary/aromatic N) is 1. The lowest BCUT2D eigenvalue weighted by Gasteiger charge is -2.36. The van der Waals surface area contributed by atoms with E-state index < -0.39 is 11.0 Å². The molecule has 1 saturated carbocycles. The van der Waals surface area contributed by atoms with Crippen LogP contribution in [-0.2, 0) is 11.0 Å². The van der Waals surface area contributed by atoms with Gasteiger partial charge in [0.05, 0.1) is 27.5 Å². The van der Waals surface area contributed by atoms with E-state index in [9.17, 15) is 8.60 Å². The highest BCUT2D eigenvalue weighted by atomic mass is 32.2. The number of halogens is 1. The molecule has 1 aromatic carbocycles. The third-order valence-corrected chi connectivity index (χ3v) is 6.28. The molecule has 1 aliphatic rings. The average molecular weight is 360 g/mol. The summed E-state index contributed by atoms with van der Waals surface area (Å²) >= 11 is 0. The van der Waals surface area contributed by atoms with Crippen LogP contribution in [0.1, 0.15) is 51.8 Å². The predicted octanol–water partition coefficient (Wildman–Crippen LogP) is 4.78. The minimum absolute atomic E-state index is 0.0601. The lowest BCUT2D eigenvalue weighted by molar-refractivity contribution is 0.249. The summed E-state index contributed by atoms with van der Waals surface area (Å²) in [5.41, 5.74) is 2.80. The SMILES string of the molecule is CC(C)(C)S(=O)NC(c1ncccc1-c1ccc(F)cc1)C1CCC1. The molecule has 1 fully saturated rings. The Bertz CT molecular complexity index is 751. The minimum Gasteiger partial charge on any atom is -0.259 e. The highest BCUT2D eigenvalue weighted by Crippen LogP contribution is 2.40. The molecule has 3 nitrogen and oxygen atoms in total. The van der Waals surface area contributed by atoms with Crippen LogP contribution in [-0.4, -0.2) is 13.9 Å². The van der Waals surface area contributed by atoms with Gasteiger partial charge in [-0.3, -0.25) is 4.98 Å². The Morgan fingerprint density at radius 2 is 1.88 bits per heavy atom. The first-order valence-corrected chi connectivity index (χ1v) is 9.90. The number of hydrogen-bond acceptors (Lipinski definition) is 2. The molecule has 25 heavy (non-hydrogen) atoms. The molecule has 5 heteroatoms. The first kappa shape index (κ1) is 18.2. The zero-order valence-electron chi connectivity index (χ0n) is 15.0. The van der Waals surface area contributed by atoms with Gasteiger partial charge in [-0.05, 0) is 63.3 Å². The number of pyridine rings is 1. The van der Waals surface area contributed by atoms with Gasteiger partial charge in [-0.2, -0.15) is 0 Å². The van der Waals surface area contributed by atoms with Crippen molar-refractivity contribution in [1.29, 1.82) is 0 Å². The number of nitrogens with one attached hydrogen (secondary N) is 1. The van der Waals surface area contributed by atoms with Gasteiger partial charge in [-0.1, -0.05) is 24.6 Å². The van der Waals surface area contributed by atoms with Crippen LogP contribution in [0, 0.1) is 11.7 Å². The van der Waals surface area contributed by atoms with Gasteiger partial charge < -0.3 is 0 Å². The molecule has 3 rings (SSSR count). The Labute approximate surface area is 151 Å². The summed E-state index contributed by atoms with van der Waals surface area (Å²) in [5, 5.41) is 0. The van der Waals surface area contributed by atoms with E-state index in [0.29, 0.717) is 5.92 Å². The van der Waals surface area contributed by atoms with Crippen molar-refractivity contribution in [2.45, 2.75) is 50.8 Å². The Morgan fingerprint density at radius 3 is 2.44 bits per heavy atom. The molecule has 1 N–H and O–H groups in total. The van der Waals surface area contributed by atoms with Gasteiger partial charge in [-0.25, -0.2) is 13.3 Å². The Morgan fingerprint density at radius 1 is 1.20 bits per heavy atom. The molecule has 0 amide bonds. The second-order valence-corrected chi connectivity index (χ2v) is 9.61. The molecule has 0 radical (unpaired) electrons. The zero-order chi connectivity index (χ0) is 18.0. The second kappa shape index (κ2) is 7.34. The highest BCUT2D eigenvalue weighted by molar-refractivity contribution is 7.84. The van der Waals surface area contributed by atoms with Crippen molar-refractivity contribution < 1.29 is 8.60 Å². The Kier molecular flexibility index (Phi) is 5.35. The molecule has 1 aliphatic carbocycles. The van der Waals surface area contributed by atoms with Gasteiger partial charge in [0.2, 0.25) is 0 Å². The summed E-state index contributed by atoms with van der Waals surface area (Å²) in [4.78, 5) is 4.63. The average Bonchev–Trinajstić information content (AvgIpc) is 2.52. The molecular formula is C20H25FN2OS. The largest absolute Gasteiger partial charge is 0.259 e. The lowest BCUT2D eigenvalue weighted by Crippen LogP contribution is -2.40. The summed E-state index contributed by atoms with van der Waals surface area (Å²) in [5.74, 6) is 0.178. The minimum atomic E-state index is -1.17. The van der Waals surface area contributed by atoms with Crippen LogP contribution in [0.4, 0.5) is 4.39 Å². The molecule has 0 saturated heterocycles. The van der Waals surface area contributed by atoms with E-state index in [1.165, 1.54) is 18.6 Å². The standard InChI is InChI=1S/C20H25FN2OS/c1-20(2,3)25(24)23-18(15-6-4-7-15)19-17(8-5-13-22-19)14-9-11-16(21)12-10-14/h5,8-13,15,18,23H,4,6-7H2,1-3H3. The van der Waals surface area contributed by atoms with E-state index in [-0.39, 0.29) is 16.6 Å². The van der Waals surface area contributed by atoms with Crippen molar-refractivity contribution in [2.24, 2.45) is 5.92 Å². The van der Waals surface area contributed by atoms with Gasteiger partial charge in [0.15, 0.2) is 0 Å². The van der Waals surface area contributed by atoms with Gasteiger partial charge >= 0.3 is 0 Å². The van der Waals surface area contributed by atoms with E-state index in [0.717, 1.165) is 29.7 Å². The summed E-state index contributed by atoms with van der Waals surface area (Å²) in [7, 11) is -1.17. The van der Waals surface area contributed by atoms with Crippen LogP contribution in [0.5, 0.6) is 0 Å². The quantitative estimate of drug-likeness (QED) is 0.834. The molecule has 1 aromatic heterocycles. The first-order valence-electron chi connectivity index (χ1n) is 8.75. The number of rotatable bonds is 5. The number of hydrogen-bond donors (Lipinski definition) is 1. The maximum Gasteiger partial charge on any atom is 0.123 e. The maximum atomic E-state index is 13.3. The lowest BCUT2D eigenvalue weighted by atomic mass is 9.77. The van der Waals surface area contributed by atoms with Crippen LogP contribution in [0.15, 0.2) is 42.6 Å². The van der Waals surface area contributed by atoms with E-state index in [1.807, 2.05) is 32.9 Å². The Balaban J connectivity index is 1.98. The van der Waals surface area contributed by atoms with Gasteiger partial charge in [-0.15, -0.1) is 0 Å². The van der Waals surface area contributed by atoms with Crippen LogP contribution in [0.25, 0.3) is 11.1 Å². The number of benzene rings is 1. The molecule has 1 heterocycles. The zero-order valence-corrected chi connectivity index (χ0v) is 15.8. The van der Waals surface area contributed by atoms with E-state index in [2.05, 4.69) is 9.71 Å². The third kappa shape index (κ3) is 4.15. The van der Waals surface area contributed by atoms with Crippen LogP contribution in [0.2, 0.25) is 0 Å². The topological polar surface area (TPSA) is 42.0 Å². The fraction of sp³-hybridized carbons (Fsp3) is 0.450. The summed E-state index contributed by atoms with van der Waals surface area (Å²) in [6.07, 6.45) is 5.19. The summed E-state index contributed by atoms with van der Waals surface area (Å²) < 4.78 is 29.0. The van der Waals surface area contributed by atoms with Crippen LogP contribution >= 0.6 is 0 Å². The second-order valence-electron chi connectivity index (χ2n) is 7.61. The van der Waals surface area contributed by atoms with Gasteiger partial charge in [0, 0.05) is 11.8 Å². The maximum absolute atomic E-state index is 13.3. The van der Waals surface area contributed by atoms with Crippen molar-refractivity contribution in [3.05, 3.63) is 54.1 Å². The summed E-state index contributed by atoms with van der Waals surface area (Å²) in [6.45, 7) is 5.90. The molecule has 134 valence electrons. The fourth-order valence-electron chi connectivity index (χ4n) is 2.98. The molecule has 2 unspecified atom stereocenters. The van der Waals surface area contributed by atoms with E-state index >= 15 is 0 Å². The third-order valence-electron chi connectivity index (χ3n) is 4.70. The normalized spacial score (nSPS) is 17.8. The van der Waals surface area contributed by atoms with Crippen molar-refractivity contribution >= 4 is 11.0 Å². The van der Waals surface area contributed by atoms with Crippen molar-refractivity contribution in [3.8, 4) is 11.1 Å². The van der Waals surface area contributed by atoms with E-state index in [4.69, 9.17) is 0 Å². The van der Waals surface area contributed by atoms with E-state index in [1.54, 1.807) is 18.3 Å². The molecule has 2 atom stereocenters. The molecule has 0 spiro atoms. The van der Waals surface area contributed by atoms with Crippen molar-refractivity contribution in [3.63, 3.8) is 0 Å². The molecular weight excluding hydrogens is 335 g/mol. The van der Waals surface area contributed by atoms with Crippen LogP contribution in [0.3, 0.4) is 0 Å². The van der Waals surface area contributed by atoms with Gasteiger partial charge in [0.25, 0.3) is 0 Å². The number of aromatic nitrogens is 1. The van der Waals surface area contributed by atoms with Crippen molar-refractivity contribution in [2.75, 3.05) is 0 Å². The molecule has 0 bridgehead atoms. The highest BCUT2D eigenvalue weighted by Gasteiger charge is 2.34. The fourth-order valence-corrected chi connectivity index (χ4v) is 3.87. The summed E-state index contributed by atoms with van der Waals surface area (Å²) in [6, 6.07) is 10.3. The van der Waals surface area contributed by atoms with Gasteiger partial charge in [0.1, 0.15) is 5.82 Å².